The van der Waals surface area contributed by atoms with E-state index in [1.165, 1.54) is 12.1 Å². The van der Waals surface area contributed by atoms with Crippen LogP contribution in [0, 0.1) is 6.92 Å². The Kier molecular flexibility index (Phi) is 3.79. The van der Waals surface area contributed by atoms with E-state index in [9.17, 15) is 14.4 Å². The molecule has 1 aromatic rings. The highest BCUT2D eigenvalue weighted by Crippen LogP contribution is 2.15. The number of rotatable bonds is 3. The predicted octanol–water partition coefficient (Wildman–Crippen LogP) is 0.898. The minimum Gasteiger partial charge on any atom is -0.478 e. The molecule has 0 atom stereocenters. The molecule has 0 unspecified atom stereocenters. The third-order valence-corrected chi connectivity index (χ3v) is 2.88. The third-order valence-electron chi connectivity index (χ3n) is 2.88. The average Bonchev–Trinajstić information content (AvgIpc) is 2.39. The number of nitrogens with zero attached hydrogens (tertiary/aromatic N) is 1. The zero-order valence-corrected chi connectivity index (χ0v) is 10.8. The van der Waals surface area contributed by atoms with Crippen LogP contribution in [-0.2, 0) is 9.59 Å². The molecule has 0 fully saturated rings. The van der Waals surface area contributed by atoms with Crippen LogP contribution in [0.25, 0.3) is 0 Å². The molecule has 0 aliphatic carbocycles. The number of hydrogen-bond acceptors (Lipinski definition) is 4. The summed E-state index contributed by atoms with van der Waals surface area (Å²) < 4.78 is 0. The van der Waals surface area contributed by atoms with Crippen molar-refractivity contribution in [2.24, 2.45) is 5.10 Å². The standard InChI is InChI=1S/C13H13N3O4/c1-7-6-8(2-3-9(7)13(19)20)14-12(18)10-4-5-11(17)16-15-10/h2-3,6H,4-5H2,1H3,(H,14,18)(H,16,17)(H,19,20). The van der Waals surface area contributed by atoms with E-state index in [4.69, 9.17) is 5.11 Å². The van der Waals surface area contributed by atoms with Gasteiger partial charge in [0.05, 0.1) is 5.56 Å². The maximum absolute atomic E-state index is 11.9. The van der Waals surface area contributed by atoms with Gasteiger partial charge in [0.15, 0.2) is 0 Å². The summed E-state index contributed by atoms with van der Waals surface area (Å²) in [5, 5.41) is 15.2. The molecule has 7 nitrogen and oxygen atoms in total. The molecule has 104 valence electrons. The molecule has 7 heteroatoms. The SMILES string of the molecule is Cc1cc(NC(=O)C2=NNC(=O)CC2)ccc1C(=O)O. The van der Waals surface area contributed by atoms with Crippen LogP contribution in [0.15, 0.2) is 23.3 Å². The van der Waals surface area contributed by atoms with Crippen molar-refractivity contribution in [2.45, 2.75) is 19.8 Å². The Bertz CT molecular complexity index is 622. The predicted molar refractivity (Wildman–Crippen MR) is 71.6 cm³/mol. The molecule has 1 aliphatic heterocycles. The van der Waals surface area contributed by atoms with E-state index in [1.54, 1.807) is 13.0 Å². The monoisotopic (exact) mass is 275 g/mol. The highest BCUT2D eigenvalue weighted by molar-refractivity contribution is 6.43. The maximum Gasteiger partial charge on any atom is 0.335 e. The van der Waals surface area contributed by atoms with Gasteiger partial charge in [-0.1, -0.05) is 0 Å². The second kappa shape index (κ2) is 5.52. The maximum atomic E-state index is 11.9. The van der Waals surface area contributed by atoms with Crippen LogP contribution in [0.2, 0.25) is 0 Å². The van der Waals surface area contributed by atoms with Gasteiger partial charge in [-0.15, -0.1) is 0 Å². The first-order valence-electron chi connectivity index (χ1n) is 5.98. The van der Waals surface area contributed by atoms with E-state index in [1.807, 2.05) is 0 Å². The number of amides is 2. The molecule has 0 spiro atoms. The molecule has 20 heavy (non-hydrogen) atoms. The number of carboxylic acid groups (broad SMARTS) is 1. The summed E-state index contributed by atoms with van der Waals surface area (Å²) in [6.45, 7) is 1.65. The molecular weight excluding hydrogens is 262 g/mol. The number of anilines is 1. The van der Waals surface area contributed by atoms with Crippen molar-refractivity contribution in [3.8, 4) is 0 Å². The van der Waals surface area contributed by atoms with Crippen molar-refractivity contribution in [1.29, 1.82) is 0 Å². The molecule has 0 aromatic heterocycles. The number of aryl methyl sites for hydroxylation is 1. The first kappa shape index (κ1) is 13.7. The fourth-order valence-electron chi connectivity index (χ4n) is 1.82. The quantitative estimate of drug-likeness (QED) is 0.761. The first-order chi connectivity index (χ1) is 9.47. The van der Waals surface area contributed by atoms with Crippen LogP contribution in [0.1, 0.15) is 28.8 Å². The number of carboxylic acids is 1. The van der Waals surface area contributed by atoms with Gasteiger partial charge in [0.1, 0.15) is 5.71 Å². The summed E-state index contributed by atoms with van der Waals surface area (Å²) in [6, 6.07) is 4.51. The molecule has 1 aliphatic rings. The molecule has 0 radical (unpaired) electrons. The van der Waals surface area contributed by atoms with Crippen molar-refractivity contribution < 1.29 is 19.5 Å². The summed E-state index contributed by atoms with van der Waals surface area (Å²) in [4.78, 5) is 33.7. The zero-order valence-electron chi connectivity index (χ0n) is 10.8. The van der Waals surface area contributed by atoms with Crippen LogP contribution in [0.4, 0.5) is 5.69 Å². The molecule has 0 bridgehead atoms. The van der Waals surface area contributed by atoms with Crippen LogP contribution >= 0.6 is 0 Å². The smallest absolute Gasteiger partial charge is 0.335 e. The Labute approximate surface area is 114 Å². The van der Waals surface area contributed by atoms with Crippen molar-refractivity contribution in [2.75, 3.05) is 5.32 Å². The Hall–Kier alpha value is -2.70. The Morgan fingerprint density at radius 2 is 2.10 bits per heavy atom. The van der Waals surface area contributed by atoms with Crippen molar-refractivity contribution in [3.63, 3.8) is 0 Å². The lowest BCUT2D eigenvalue weighted by atomic mass is 10.1. The number of hydrogen-bond donors (Lipinski definition) is 3. The highest BCUT2D eigenvalue weighted by atomic mass is 16.4. The Balaban J connectivity index is 2.10. The van der Waals surface area contributed by atoms with Crippen molar-refractivity contribution in [3.05, 3.63) is 29.3 Å². The molecule has 0 saturated carbocycles. The largest absolute Gasteiger partial charge is 0.478 e. The van der Waals surface area contributed by atoms with E-state index in [0.29, 0.717) is 11.3 Å². The summed E-state index contributed by atoms with van der Waals surface area (Å²) in [5.74, 6) is -1.64. The van der Waals surface area contributed by atoms with E-state index in [0.717, 1.165) is 0 Å². The second-order valence-corrected chi connectivity index (χ2v) is 4.38. The van der Waals surface area contributed by atoms with Crippen molar-refractivity contribution in [1.82, 2.24) is 5.43 Å². The van der Waals surface area contributed by atoms with Crippen molar-refractivity contribution >= 4 is 29.2 Å². The number of nitrogens with one attached hydrogen (secondary N) is 2. The molecule has 2 rings (SSSR count). The van der Waals surface area contributed by atoms with Gasteiger partial charge in [-0.2, -0.15) is 5.10 Å². The van der Waals surface area contributed by atoms with Crippen LogP contribution in [0.5, 0.6) is 0 Å². The third kappa shape index (κ3) is 3.00. The van der Waals surface area contributed by atoms with Crippen LogP contribution in [-0.4, -0.2) is 28.6 Å². The summed E-state index contributed by atoms with van der Waals surface area (Å²) >= 11 is 0. The fraction of sp³-hybridized carbons (Fsp3) is 0.231. The van der Waals surface area contributed by atoms with Gasteiger partial charge >= 0.3 is 5.97 Å². The van der Waals surface area contributed by atoms with Gasteiger partial charge in [-0.3, -0.25) is 9.59 Å². The number of aromatic carboxylic acids is 1. The summed E-state index contributed by atoms with van der Waals surface area (Å²) in [7, 11) is 0. The Morgan fingerprint density at radius 1 is 1.35 bits per heavy atom. The van der Waals surface area contributed by atoms with Gasteiger partial charge in [-0.25, -0.2) is 10.2 Å². The summed E-state index contributed by atoms with van der Waals surface area (Å²) in [5.41, 5.74) is 3.70. The molecule has 1 aromatic carbocycles. The minimum atomic E-state index is -1.01. The second-order valence-electron chi connectivity index (χ2n) is 4.38. The lowest BCUT2D eigenvalue weighted by Gasteiger charge is -2.12. The lowest BCUT2D eigenvalue weighted by Crippen LogP contribution is -2.32. The number of benzene rings is 1. The normalized spacial score (nSPS) is 14.2. The molecule has 3 N–H and O–H groups in total. The van der Waals surface area contributed by atoms with Crippen LogP contribution in [0.3, 0.4) is 0 Å². The van der Waals surface area contributed by atoms with E-state index in [2.05, 4.69) is 15.8 Å². The molecule has 0 saturated heterocycles. The van der Waals surface area contributed by atoms with Crippen LogP contribution < -0.4 is 10.7 Å². The Morgan fingerprint density at radius 3 is 2.65 bits per heavy atom. The average molecular weight is 275 g/mol. The fourth-order valence-corrected chi connectivity index (χ4v) is 1.82. The van der Waals surface area contributed by atoms with Gasteiger partial charge in [0.2, 0.25) is 5.91 Å². The zero-order chi connectivity index (χ0) is 14.7. The minimum absolute atomic E-state index is 0.185. The lowest BCUT2D eigenvalue weighted by molar-refractivity contribution is -0.121. The van der Waals surface area contributed by atoms with E-state index < -0.39 is 11.9 Å². The van der Waals surface area contributed by atoms with Gasteiger partial charge in [0.25, 0.3) is 5.91 Å². The number of hydrazone groups is 1. The number of carbonyl (C=O) groups is 3. The molecular formula is C13H13N3O4. The van der Waals surface area contributed by atoms with E-state index in [-0.39, 0.29) is 30.0 Å². The van der Waals surface area contributed by atoms with Gasteiger partial charge in [0, 0.05) is 18.5 Å². The van der Waals surface area contributed by atoms with E-state index >= 15 is 0 Å². The highest BCUT2D eigenvalue weighted by Gasteiger charge is 2.18. The summed E-state index contributed by atoms with van der Waals surface area (Å²) in [6.07, 6.45) is 0.507. The van der Waals surface area contributed by atoms with Gasteiger partial charge in [-0.05, 0) is 30.7 Å². The molecule has 2 amide bonds. The first-order valence-corrected chi connectivity index (χ1v) is 5.98. The number of carbonyl (C=O) groups excluding carboxylic acids is 2. The van der Waals surface area contributed by atoms with Gasteiger partial charge < -0.3 is 10.4 Å². The molecule has 1 heterocycles. The topological polar surface area (TPSA) is 108 Å².